The van der Waals surface area contributed by atoms with Crippen LogP contribution >= 0.6 is 11.6 Å². The molecular formula is C14H13ClF3NO4. The Bertz CT molecular complexity index is 635. The van der Waals surface area contributed by atoms with Gasteiger partial charge in [-0.05, 0) is 25.1 Å². The summed E-state index contributed by atoms with van der Waals surface area (Å²) in [5, 5.41) is 8.77. The number of carboxylic acid groups (broad SMARTS) is 1. The lowest BCUT2D eigenvalue weighted by Gasteiger charge is -2.35. The molecule has 0 spiro atoms. The van der Waals surface area contributed by atoms with E-state index in [0.29, 0.717) is 6.07 Å². The molecule has 0 radical (unpaired) electrons. The molecule has 0 aliphatic carbocycles. The number of carbonyl (C=O) groups excluding carboxylic acids is 1. The molecule has 1 unspecified atom stereocenters. The van der Waals surface area contributed by atoms with Crippen molar-refractivity contribution in [1.82, 2.24) is 4.90 Å². The highest BCUT2D eigenvalue weighted by Gasteiger charge is 2.35. The number of benzene rings is 1. The van der Waals surface area contributed by atoms with Gasteiger partial charge >= 0.3 is 12.1 Å². The summed E-state index contributed by atoms with van der Waals surface area (Å²) in [5.74, 6) is -1.96. The number of halogens is 4. The Kier molecular flexibility index (Phi) is 4.86. The lowest BCUT2D eigenvalue weighted by Crippen LogP contribution is -2.51. The van der Waals surface area contributed by atoms with Gasteiger partial charge in [0.05, 0.1) is 18.2 Å². The minimum atomic E-state index is -4.64. The Hall–Kier alpha value is -1.80. The van der Waals surface area contributed by atoms with E-state index in [1.165, 1.54) is 0 Å². The molecular weight excluding hydrogens is 339 g/mol. The fraction of sp³-hybridized carbons (Fsp3) is 0.429. The quantitative estimate of drug-likeness (QED) is 0.889. The van der Waals surface area contributed by atoms with E-state index in [1.807, 2.05) is 0 Å². The van der Waals surface area contributed by atoms with Crippen LogP contribution in [-0.2, 0) is 15.7 Å². The summed E-state index contributed by atoms with van der Waals surface area (Å²) in [7, 11) is 0. The zero-order chi connectivity index (χ0) is 17.4. The molecule has 2 atom stereocenters. The molecule has 1 heterocycles. The van der Waals surface area contributed by atoms with Crippen LogP contribution in [0.5, 0.6) is 0 Å². The number of ether oxygens (including phenoxy) is 1. The lowest BCUT2D eigenvalue weighted by atomic mass is 10.1. The molecule has 23 heavy (non-hydrogen) atoms. The van der Waals surface area contributed by atoms with Crippen LogP contribution in [0, 0.1) is 0 Å². The summed E-state index contributed by atoms with van der Waals surface area (Å²) in [6, 6.07) is 2.54. The second kappa shape index (κ2) is 6.37. The number of carboxylic acids is 1. The largest absolute Gasteiger partial charge is 0.479 e. The van der Waals surface area contributed by atoms with Gasteiger partial charge < -0.3 is 14.7 Å². The van der Waals surface area contributed by atoms with Gasteiger partial charge in [-0.25, -0.2) is 4.79 Å². The number of aliphatic carboxylic acids is 1. The number of hydrogen-bond donors (Lipinski definition) is 1. The summed E-state index contributed by atoms with van der Waals surface area (Å²) in [6.07, 6.45) is -6.40. The molecule has 1 aromatic carbocycles. The number of alkyl halides is 3. The molecule has 1 saturated heterocycles. The smallest absolute Gasteiger partial charge is 0.416 e. The Morgan fingerprint density at radius 1 is 1.30 bits per heavy atom. The fourth-order valence-corrected chi connectivity index (χ4v) is 2.55. The van der Waals surface area contributed by atoms with Gasteiger partial charge in [0, 0.05) is 17.1 Å². The van der Waals surface area contributed by atoms with E-state index < -0.39 is 35.8 Å². The van der Waals surface area contributed by atoms with Gasteiger partial charge in [0.1, 0.15) is 0 Å². The molecule has 126 valence electrons. The van der Waals surface area contributed by atoms with Gasteiger partial charge in [0.15, 0.2) is 6.10 Å². The van der Waals surface area contributed by atoms with Gasteiger partial charge in [-0.3, -0.25) is 4.79 Å². The first-order valence-electron chi connectivity index (χ1n) is 6.63. The number of hydrogen-bond acceptors (Lipinski definition) is 3. The fourth-order valence-electron chi connectivity index (χ4n) is 2.31. The molecule has 0 bridgehead atoms. The average Bonchev–Trinajstić information content (AvgIpc) is 2.44. The molecule has 1 aliphatic rings. The van der Waals surface area contributed by atoms with E-state index in [9.17, 15) is 22.8 Å². The van der Waals surface area contributed by atoms with Crippen molar-refractivity contribution < 1.29 is 32.6 Å². The zero-order valence-corrected chi connectivity index (χ0v) is 12.7. The van der Waals surface area contributed by atoms with Crippen molar-refractivity contribution in [3.05, 3.63) is 34.3 Å². The lowest BCUT2D eigenvalue weighted by molar-refractivity contribution is -0.160. The summed E-state index contributed by atoms with van der Waals surface area (Å²) >= 11 is 5.66. The third kappa shape index (κ3) is 4.14. The maximum Gasteiger partial charge on any atom is 0.416 e. The van der Waals surface area contributed by atoms with Crippen LogP contribution in [0.3, 0.4) is 0 Å². The van der Waals surface area contributed by atoms with Crippen LogP contribution in [-0.4, -0.2) is 47.2 Å². The van der Waals surface area contributed by atoms with Crippen molar-refractivity contribution in [2.45, 2.75) is 25.3 Å². The molecule has 1 aliphatic heterocycles. The van der Waals surface area contributed by atoms with Crippen LogP contribution in [0.15, 0.2) is 18.2 Å². The highest BCUT2D eigenvalue weighted by Crippen LogP contribution is 2.32. The van der Waals surface area contributed by atoms with E-state index in [2.05, 4.69) is 0 Å². The molecule has 1 fully saturated rings. The van der Waals surface area contributed by atoms with Crippen molar-refractivity contribution in [2.24, 2.45) is 0 Å². The van der Waals surface area contributed by atoms with Crippen molar-refractivity contribution >= 4 is 23.5 Å². The van der Waals surface area contributed by atoms with Crippen molar-refractivity contribution in [1.29, 1.82) is 0 Å². The van der Waals surface area contributed by atoms with Crippen molar-refractivity contribution in [3.63, 3.8) is 0 Å². The van der Waals surface area contributed by atoms with Crippen molar-refractivity contribution in [3.8, 4) is 0 Å². The number of rotatable bonds is 2. The third-order valence-electron chi connectivity index (χ3n) is 3.29. The van der Waals surface area contributed by atoms with Crippen LogP contribution in [0.4, 0.5) is 13.2 Å². The first-order chi connectivity index (χ1) is 10.6. The van der Waals surface area contributed by atoms with E-state index in [0.717, 1.165) is 17.0 Å². The van der Waals surface area contributed by atoms with Crippen LogP contribution < -0.4 is 0 Å². The highest BCUT2D eigenvalue weighted by atomic mass is 35.5. The Morgan fingerprint density at radius 3 is 2.52 bits per heavy atom. The Labute approximate surface area is 134 Å². The second-order valence-corrected chi connectivity index (χ2v) is 5.65. The molecule has 0 saturated carbocycles. The maximum absolute atomic E-state index is 12.8. The summed E-state index contributed by atoms with van der Waals surface area (Å²) in [6.45, 7) is 1.41. The summed E-state index contributed by atoms with van der Waals surface area (Å²) in [5.41, 5.74) is -1.28. The van der Waals surface area contributed by atoms with Gasteiger partial charge in [0.2, 0.25) is 0 Å². The predicted molar refractivity (Wildman–Crippen MR) is 74.3 cm³/mol. The SMILES string of the molecule is C[C@@H]1CN(C(=O)c2cc(Cl)cc(C(F)(F)F)c2)CC(C(=O)O)O1. The monoisotopic (exact) mass is 351 g/mol. The molecule has 1 N–H and O–H groups in total. The minimum Gasteiger partial charge on any atom is -0.479 e. The normalized spacial score (nSPS) is 22.0. The molecule has 9 heteroatoms. The first-order valence-corrected chi connectivity index (χ1v) is 7.01. The Morgan fingerprint density at radius 2 is 1.96 bits per heavy atom. The average molecular weight is 352 g/mol. The molecule has 1 aromatic rings. The number of morpholine rings is 1. The van der Waals surface area contributed by atoms with E-state index in [4.69, 9.17) is 21.4 Å². The van der Waals surface area contributed by atoms with E-state index in [1.54, 1.807) is 6.92 Å². The van der Waals surface area contributed by atoms with Crippen LogP contribution in [0.25, 0.3) is 0 Å². The first kappa shape index (κ1) is 17.6. The third-order valence-corrected chi connectivity index (χ3v) is 3.51. The molecule has 2 rings (SSSR count). The maximum atomic E-state index is 12.8. The van der Waals surface area contributed by atoms with Crippen molar-refractivity contribution in [2.75, 3.05) is 13.1 Å². The Balaban J connectivity index is 2.29. The zero-order valence-electron chi connectivity index (χ0n) is 11.9. The molecule has 5 nitrogen and oxygen atoms in total. The van der Waals surface area contributed by atoms with E-state index >= 15 is 0 Å². The molecule has 0 aromatic heterocycles. The topological polar surface area (TPSA) is 66.8 Å². The summed E-state index contributed by atoms with van der Waals surface area (Å²) in [4.78, 5) is 24.6. The number of nitrogens with zero attached hydrogens (tertiary/aromatic N) is 1. The predicted octanol–water partition coefficient (Wildman–Crippen LogP) is 2.67. The van der Waals surface area contributed by atoms with Gasteiger partial charge in [0.25, 0.3) is 5.91 Å². The number of carbonyl (C=O) groups is 2. The van der Waals surface area contributed by atoms with E-state index in [-0.39, 0.29) is 23.7 Å². The van der Waals surface area contributed by atoms with Gasteiger partial charge in [-0.2, -0.15) is 13.2 Å². The minimum absolute atomic E-state index is 0.0798. The highest BCUT2D eigenvalue weighted by molar-refractivity contribution is 6.31. The standard InChI is InChI=1S/C14H13ClF3NO4/c1-7-5-19(6-11(23-7)13(21)22)12(20)8-2-9(14(16,17)18)4-10(15)3-8/h2-4,7,11H,5-6H2,1H3,(H,21,22)/t7-,11?/m1/s1. The summed E-state index contributed by atoms with van der Waals surface area (Å²) < 4.78 is 43.6. The van der Waals surface area contributed by atoms with Crippen LogP contribution in [0.2, 0.25) is 5.02 Å². The van der Waals surface area contributed by atoms with Crippen LogP contribution in [0.1, 0.15) is 22.8 Å². The van der Waals surface area contributed by atoms with Gasteiger partial charge in [-0.1, -0.05) is 11.6 Å². The molecule has 1 amide bonds. The van der Waals surface area contributed by atoms with Gasteiger partial charge in [-0.15, -0.1) is 0 Å². The second-order valence-electron chi connectivity index (χ2n) is 5.21. The number of amides is 1.